The van der Waals surface area contributed by atoms with E-state index in [9.17, 15) is 0 Å². The molecule has 6 heterocycles. The Bertz CT molecular complexity index is 2660. The number of rotatable bonds is 4. The molecule has 0 radical (unpaired) electrons. The van der Waals surface area contributed by atoms with E-state index in [4.69, 9.17) is 4.98 Å². The monoisotopic (exact) mass is 697 g/mol. The number of aromatic nitrogens is 7. The lowest BCUT2D eigenvalue weighted by Crippen LogP contribution is -2.27. The summed E-state index contributed by atoms with van der Waals surface area (Å²) >= 11 is 0. The van der Waals surface area contributed by atoms with Crippen LogP contribution < -0.4 is 10.6 Å². The van der Waals surface area contributed by atoms with Crippen molar-refractivity contribution in [2.45, 2.75) is 32.1 Å². The van der Waals surface area contributed by atoms with Crippen molar-refractivity contribution >= 4 is 49.2 Å². The van der Waals surface area contributed by atoms with Crippen LogP contribution in [0.25, 0.3) is 71.6 Å². The second kappa shape index (κ2) is 14.0. The van der Waals surface area contributed by atoms with Crippen LogP contribution in [0.15, 0.2) is 103 Å². The van der Waals surface area contributed by atoms with Crippen molar-refractivity contribution in [3.8, 4) is 22.4 Å². The molecule has 264 valence electrons. The molecule has 53 heavy (non-hydrogen) atoms. The lowest BCUT2D eigenvalue weighted by molar-refractivity contribution is 0.454. The van der Waals surface area contributed by atoms with E-state index < -0.39 is 0 Å². The van der Waals surface area contributed by atoms with Crippen molar-refractivity contribution < 1.29 is 0 Å². The molecule has 9 heteroatoms. The summed E-state index contributed by atoms with van der Waals surface area (Å²) in [5.41, 5.74) is 13.7. The predicted molar refractivity (Wildman–Crippen MR) is 216 cm³/mol. The van der Waals surface area contributed by atoms with E-state index in [2.05, 4.69) is 129 Å². The van der Waals surface area contributed by atoms with Crippen LogP contribution >= 0.6 is 0 Å². The molecule has 0 amide bonds. The van der Waals surface area contributed by atoms with Crippen LogP contribution in [0.2, 0.25) is 0 Å². The zero-order valence-electron chi connectivity index (χ0n) is 30.5. The Labute approximate surface area is 308 Å². The van der Waals surface area contributed by atoms with Crippen LogP contribution in [-0.4, -0.2) is 60.9 Å². The molecule has 4 aromatic carbocycles. The first-order valence-corrected chi connectivity index (χ1v) is 18.6. The minimum Gasteiger partial charge on any atom is -0.317 e. The standard InChI is InChI=1S/C23H24N4.C21H19N5/c1-15-11-23(16-7-9-24-10-8-16)25-22-6-4-18(13-20(15)22)17-3-5-21-19(12-17)14-27(2)26-21;1-26-13-18-10-16(4-5-19(18)25-26)21-12-17-3-2-15(11-20(17)23-24-21)14-6-8-22-9-7-14/h3-6,11-14,16,24H,7-10H2,1-2H3;2-6,10-13,22H,7-9H2,1H3. The van der Waals surface area contributed by atoms with Gasteiger partial charge in [0, 0.05) is 71.8 Å². The van der Waals surface area contributed by atoms with Crippen LogP contribution in [0.5, 0.6) is 0 Å². The zero-order valence-corrected chi connectivity index (χ0v) is 30.5. The van der Waals surface area contributed by atoms with Crippen molar-refractivity contribution in [3.63, 3.8) is 0 Å². The maximum Gasteiger partial charge on any atom is 0.0936 e. The number of hydrogen-bond donors (Lipinski definition) is 2. The van der Waals surface area contributed by atoms with Crippen LogP contribution in [0, 0.1) is 6.92 Å². The molecular formula is C44H43N9. The highest BCUT2D eigenvalue weighted by molar-refractivity contribution is 5.91. The summed E-state index contributed by atoms with van der Waals surface area (Å²) in [6.07, 6.45) is 9.77. The van der Waals surface area contributed by atoms with Gasteiger partial charge < -0.3 is 10.6 Å². The van der Waals surface area contributed by atoms with Crippen molar-refractivity contribution in [2.75, 3.05) is 26.2 Å². The minimum atomic E-state index is 0.585. The van der Waals surface area contributed by atoms with Gasteiger partial charge in [-0.05, 0) is 128 Å². The van der Waals surface area contributed by atoms with Gasteiger partial charge in [0.25, 0.3) is 0 Å². The Hall–Kier alpha value is -5.77. The molecule has 1 saturated heterocycles. The van der Waals surface area contributed by atoms with Gasteiger partial charge in [-0.3, -0.25) is 14.3 Å². The SMILES string of the molecule is Cc1cc(C2CCNCC2)nc2ccc(-c3ccc4nn(C)cc4c3)cc12.Cn1cc2cc(-c3cc4ccc(C5=CCNCC5)cc4nn3)ccc2n1. The van der Waals surface area contributed by atoms with Crippen molar-refractivity contribution in [1.29, 1.82) is 0 Å². The smallest absolute Gasteiger partial charge is 0.0936 e. The van der Waals surface area contributed by atoms with Crippen LogP contribution in [0.1, 0.15) is 42.0 Å². The predicted octanol–water partition coefficient (Wildman–Crippen LogP) is 8.12. The van der Waals surface area contributed by atoms with Gasteiger partial charge in [0.05, 0.1) is 27.8 Å². The molecule has 0 bridgehead atoms. The van der Waals surface area contributed by atoms with Gasteiger partial charge in [0.1, 0.15) is 0 Å². The summed E-state index contributed by atoms with van der Waals surface area (Å²) in [6, 6.07) is 30.2. The lowest BCUT2D eigenvalue weighted by Gasteiger charge is -2.23. The Morgan fingerprint density at radius 1 is 0.604 bits per heavy atom. The van der Waals surface area contributed by atoms with Gasteiger partial charge in [0.2, 0.25) is 0 Å². The molecule has 1 fully saturated rings. The highest BCUT2D eigenvalue weighted by atomic mass is 15.2. The first-order chi connectivity index (χ1) is 25.9. The average molecular weight is 698 g/mol. The van der Waals surface area contributed by atoms with Gasteiger partial charge >= 0.3 is 0 Å². The fourth-order valence-corrected chi connectivity index (χ4v) is 7.83. The highest BCUT2D eigenvalue weighted by Gasteiger charge is 2.18. The summed E-state index contributed by atoms with van der Waals surface area (Å²) < 4.78 is 3.70. The lowest BCUT2D eigenvalue weighted by atomic mass is 9.92. The quantitative estimate of drug-likeness (QED) is 0.192. The Balaban J connectivity index is 0.000000141. The third-order valence-electron chi connectivity index (χ3n) is 10.7. The number of pyridine rings is 1. The first-order valence-electron chi connectivity index (χ1n) is 18.6. The Kier molecular flexibility index (Phi) is 8.73. The minimum absolute atomic E-state index is 0.585. The highest BCUT2D eigenvalue weighted by Crippen LogP contribution is 2.32. The Morgan fingerprint density at radius 2 is 1.28 bits per heavy atom. The molecule has 4 aromatic heterocycles. The van der Waals surface area contributed by atoms with Crippen LogP contribution in [0.4, 0.5) is 0 Å². The summed E-state index contributed by atoms with van der Waals surface area (Å²) in [5, 5.41) is 29.3. The van der Waals surface area contributed by atoms with Gasteiger partial charge in [-0.1, -0.05) is 36.4 Å². The van der Waals surface area contributed by atoms with E-state index in [1.165, 1.54) is 57.1 Å². The third-order valence-corrected chi connectivity index (χ3v) is 10.7. The van der Waals surface area contributed by atoms with Crippen molar-refractivity contribution in [3.05, 3.63) is 120 Å². The fraction of sp³-hybridized carbons (Fsp3) is 0.250. The van der Waals surface area contributed by atoms with Crippen LogP contribution in [-0.2, 0) is 14.1 Å². The summed E-state index contributed by atoms with van der Waals surface area (Å²) in [5.74, 6) is 0.585. The first kappa shape index (κ1) is 33.1. The number of hydrogen-bond acceptors (Lipinski definition) is 7. The molecule has 2 aliphatic heterocycles. The van der Waals surface area contributed by atoms with Crippen LogP contribution in [0.3, 0.4) is 0 Å². The summed E-state index contributed by atoms with van der Waals surface area (Å²) in [4.78, 5) is 5.01. The van der Waals surface area contributed by atoms with Crippen molar-refractivity contribution in [1.82, 2.24) is 45.4 Å². The number of nitrogens with one attached hydrogen (secondary N) is 2. The zero-order chi connectivity index (χ0) is 35.9. The van der Waals surface area contributed by atoms with Gasteiger partial charge in [-0.15, -0.1) is 10.2 Å². The van der Waals surface area contributed by atoms with E-state index in [1.807, 2.05) is 35.7 Å². The maximum atomic E-state index is 5.01. The molecule has 0 spiro atoms. The molecular weight excluding hydrogens is 655 g/mol. The van der Waals surface area contributed by atoms with E-state index in [0.717, 1.165) is 76.7 Å². The Morgan fingerprint density at radius 3 is 2.02 bits per heavy atom. The molecule has 0 atom stereocenters. The summed E-state index contributed by atoms with van der Waals surface area (Å²) in [6.45, 7) is 6.38. The molecule has 0 aliphatic carbocycles. The summed E-state index contributed by atoms with van der Waals surface area (Å²) in [7, 11) is 3.90. The fourth-order valence-electron chi connectivity index (χ4n) is 7.83. The van der Waals surface area contributed by atoms with E-state index in [0.29, 0.717) is 5.92 Å². The van der Waals surface area contributed by atoms with E-state index >= 15 is 0 Å². The number of fused-ring (bicyclic) bond motifs is 4. The largest absolute Gasteiger partial charge is 0.317 e. The number of nitrogens with zero attached hydrogens (tertiary/aromatic N) is 7. The molecule has 0 saturated carbocycles. The number of aryl methyl sites for hydroxylation is 3. The molecule has 0 unspecified atom stereocenters. The topological polar surface area (TPSA) is 98.4 Å². The van der Waals surface area contributed by atoms with Crippen molar-refractivity contribution in [2.24, 2.45) is 14.1 Å². The molecule has 9 nitrogen and oxygen atoms in total. The molecule has 10 rings (SSSR count). The van der Waals surface area contributed by atoms with E-state index in [1.54, 1.807) is 0 Å². The molecule has 2 N–H and O–H groups in total. The average Bonchev–Trinajstić information content (AvgIpc) is 3.77. The van der Waals surface area contributed by atoms with E-state index in [-0.39, 0.29) is 0 Å². The normalized spacial score (nSPS) is 15.2. The molecule has 2 aliphatic rings. The van der Waals surface area contributed by atoms with Gasteiger partial charge in [0.15, 0.2) is 0 Å². The van der Waals surface area contributed by atoms with Gasteiger partial charge in [-0.2, -0.15) is 10.2 Å². The molecule has 8 aromatic rings. The third kappa shape index (κ3) is 6.81. The second-order valence-corrected chi connectivity index (χ2v) is 14.5. The second-order valence-electron chi connectivity index (χ2n) is 14.5. The number of benzene rings is 4. The number of piperidine rings is 1. The van der Waals surface area contributed by atoms with Gasteiger partial charge in [-0.25, -0.2) is 0 Å². The maximum absolute atomic E-state index is 5.01.